The average Bonchev–Trinajstić information content (AvgIpc) is 3.00. The number of phenols is 1. The molecule has 1 atom stereocenters. The first-order chi connectivity index (χ1) is 14.4. The van der Waals surface area contributed by atoms with E-state index in [2.05, 4.69) is 0 Å². The molecule has 0 saturated heterocycles. The van der Waals surface area contributed by atoms with Crippen LogP contribution in [0.3, 0.4) is 0 Å². The van der Waals surface area contributed by atoms with E-state index < -0.39 is 5.97 Å². The van der Waals surface area contributed by atoms with Gasteiger partial charge in [-0.15, -0.1) is 0 Å². The fraction of sp³-hybridized carbons (Fsp3) is 0.250. The van der Waals surface area contributed by atoms with Crippen LogP contribution in [0, 0.1) is 0 Å². The van der Waals surface area contributed by atoms with E-state index in [0.717, 1.165) is 5.56 Å². The number of aromatic hydroxyl groups is 1. The standard InChI is InChI=1S/C24H25NO5/c1-5-30-20-13-9-12-18(22(20)26)14-19-21(24(28)29-4)16(3)25(23(19)27)15(2)17-10-7-6-8-11-17/h6-15,26H,5H2,1-4H3/b19-14-/t15-/m1/s1. The topological polar surface area (TPSA) is 76.1 Å². The molecule has 0 unspecified atom stereocenters. The molecule has 1 N–H and O–H groups in total. The molecule has 3 rings (SSSR count). The molecule has 6 nitrogen and oxygen atoms in total. The largest absolute Gasteiger partial charge is 0.504 e. The molecule has 0 radical (unpaired) electrons. The molecule has 0 fully saturated rings. The normalized spacial score (nSPS) is 16.2. The fourth-order valence-corrected chi connectivity index (χ4v) is 3.63. The lowest BCUT2D eigenvalue weighted by Gasteiger charge is -2.26. The van der Waals surface area contributed by atoms with Gasteiger partial charge in [0.25, 0.3) is 5.91 Å². The minimum atomic E-state index is -0.602. The number of methoxy groups -OCH3 is 1. The number of hydrogen-bond donors (Lipinski definition) is 1. The number of benzene rings is 2. The lowest BCUT2D eigenvalue weighted by Crippen LogP contribution is -2.28. The Hall–Kier alpha value is -3.54. The number of esters is 1. The summed E-state index contributed by atoms with van der Waals surface area (Å²) in [5.41, 5.74) is 2.19. The van der Waals surface area contributed by atoms with Gasteiger partial charge in [-0.25, -0.2) is 4.79 Å². The molecule has 1 aliphatic rings. The van der Waals surface area contributed by atoms with Crippen LogP contribution >= 0.6 is 0 Å². The third kappa shape index (κ3) is 3.81. The number of amides is 1. The van der Waals surface area contributed by atoms with Gasteiger partial charge in [-0.3, -0.25) is 4.79 Å². The smallest absolute Gasteiger partial charge is 0.340 e. The second kappa shape index (κ2) is 8.86. The van der Waals surface area contributed by atoms with Crippen molar-refractivity contribution in [3.63, 3.8) is 0 Å². The van der Waals surface area contributed by atoms with E-state index in [0.29, 0.717) is 23.6 Å². The SMILES string of the molecule is CCOc1cccc(/C=C2\C(=O)N([C@H](C)c3ccccc3)C(C)=C2C(=O)OC)c1O. The van der Waals surface area contributed by atoms with Crippen LogP contribution in [0.1, 0.15) is 37.9 Å². The van der Waals surface area contributed by atoms with Crippen LogP contribution in [-0.4, -0.2) is 35.6 Å². The van der Waals surface area contributed by atoms with E-state index >= 15 is 0 Å². The molecule has 0 saturated carbocycles. The van der Waals surface area contributed by atoms with E-state index in [4.69, 9.17) is 9.47 Å². The molecule has 1 amide bonds. The average molecular weight is 407 g/mol. The highest BCUT2D eigenvalue weighted by Crippen LogP contribution is 2.39. The Labute approximate surface area is 176 Å². The van der Waals surface area contributed by atoms with Crippen LogP contribution in [0.25, 0.3) is 6.08 Å². The first kappa shape index (κ1) is 21.2. The minimum absolute atomic E-state index is 0.0870. The Morgan fingerprint density at radius 3 is 2.50 bits per heavy atom. The lowest BCUT2D eigenvalue weighted by molar-refractivity contribution is -0.136. The monoisotopic (exact) mass is 407 g/mol. The Balaban J connectivity index is 2.11. The molecule has 2 aromatic carbocycles. The Morgan fingerprint density at radius 2 is 1.87 bits per heavy atom. The first-order valence-corrected chi connectivity index (χ1v) is 9.75. The van der Waals surface area contributed by atoms with Gasteiger partial charge < -0.3 is 19.5 Å². The molecule has 156 valence electrons. The zero-order chi connectivity index (χ0) is 21.8. The molecule has 0 aliphatic carbocycles. The second-order valence-corrected chi connectivity index (χ2v) is 6.90. The van der Waals surface area contributed by atoms with Gasteiger partial charge in [-0.1, -0.05) is 42.5 Å². The summed E-state index contributed by atoms with van der Waals surface area (Å²) >= 11 is 0. The van der Waals surface area contributed by atoms with Gasteiger partial charge in [0.05, 0.1) is 30.9 Å². The molecule has 1 heterocycles. The lowest BCUT2D eigenvalue weighted by atomic mass is 10.0. The number of carbonyl (C=O) groups excluding carboxylic acids is 2. The summed E-state index contributed by atoms with van der Waals surface area (Å²) in [4.78, 5) is 27.5. The Morgan fingerprint density at radius 1 is 1.17 bits per heavy atom. The number of ether oxygens (including phenoxy) is 2. The van der Waals surface area contributed by atoms with E-state index in [1.807, 2.05) is 44.2 Å². The van der Waals surface area contributed by atoms with Crippen molar-refractivity contribution >= 4 is 18.0 Å². The third-order valence-corrected chi connectivity index (χ3v) is 5.13. The maximum Gasteiger partial charge on any atom is 0.340 e. The highest BCUT2D eigenvalue weighted by atomic mass is 16.5. The highest BCUT2D eigenvalue weighted by Gasteiger charge is 2.39. The molecular formula is C24H25NO5. The van der Waals surface area contributed by atoms with Gasteiger partial charge >= 0.3 is 5.97 Å². The number of phenolic OH excluding ortho intramolecular Hbond substituents is 1. The maximum absolute atomic E-state index is 13.4. The molecular weight excluding hydrogens is 382 g/mol. The number of nitrogens with zero attached hydrogens (tertiary/aromatic N) is 1. The van der Waals surface area contributed by atoms with Crippen molar-refractivity contribution in [1.82, 2.24) is 4.90 Å². The zero-order valence-corrected chi connectivity index (χ0v) is 17.5. The van der Waals surface area contributed by atoms with E-state index in [9.17, 15) is 14.7 Å². The van der Waals surface area contributed by atoms with E-state index in [-0.39, 0.29) is 28.8 Å². The summed E-state index contributed by atoms with van der Waals surface area (Å²) in [7, 11) is 1.28. The molecule has 0 aromatic heterocycles. The Kier molecular flexibility index (Phi) is 6.26. The van der Waals surface area contributed by atoms with Gasteiger partial charge in [0, 0.05) is 11.3 Å². The van der Waals surface area contributed by atoms with Crippen LogP contribution in [0.15, 0.2) is 65.4 Å². The maximum atomic E-state index is 13.4. The van der Waals surface area contributed by atoms with Crippen LogP contribution in [0.4, 0.5) is 0 Å². The van der Waals surface area contributed by atoms with E-state index in [1.165, 1.54) is 13.2 Å². The quantitative estimate of drug-likeness (QED) is 0.573. The molecule has 0 spiro atoms. The van der Waals surface area contributed by atoms with E-state index in [1.54, 1.807) is 30.0 Å². The summed E-state index contributed by atoms with van der Waals surface area (Å²) in [5.74, 6) is -0.705. The van der Waals surface area contributed by atoms with Crippen LogP contribution in [0.5, 0.6) is 11.5 Å². The van der Waals surface area contributed by atoms with Crippen molar-refractivity contribution in [3.05, 3.63) is 76.5 Å². The van der Waals surface area contributed by atoms with Crippen LogP contribution in [-0.2, 0) is 14.3 Å². The first-order valence-electron chi connectivity index (χ1n) is 9.75. The number of para-hydroxylation sites is 1. The number of hydrogen-bond acceptors (Lipinski definition) is 5. The van der Waals surface area contributed by atoms with Crippen molar-refractivity contribution in [1.29, 1.82) is 0 Å². The third-order valence-electron chi connectivity index (χ3n) is 5.13. The summed E-state index contributed by atoms with van der Waals surface area (Å²) < 4.78 is 10.4. The van der Waals surface area contributed by atoms with Crippen LogP contribution < -0.4 is 4.74 Å². The van der Waals surface area contributed by atoms with Crippen LogP contribution in [0.2, 0.25) is 0 Å². The molecule has 30 heavy (non-hydrogen) atoms. The fourth-order valence-electron chi connectivity index (χ4n) is 3.63. The minimum Gasteiger partial charge on any atom is -0.504 e. The molecule has 1 aliphatic heterocycles. The molecule has 0 bridgehead atoms. The van der Waals surface area contributed by atoms with Gasteiger partial charge in [0.2, 0.25) is 0 Å². The number of allylic oxidation sites excluding steroid dienone is 1. The van der Waals surface area contributed by atoms with Crippen molar-refractivity contribution in [2.45, 2.75) is 26.8 Å². The summed E-state index contributed by atoms with van der Waals surface area (Å²) in [6.07, 6.45) is 1.51. The Bertz CT molecular complexity index is 1020. The van der Waals surface area contributed by atoms with Gasteiger partial charge in [0.15, 0.2) is 11.5 Å². The molecule has 6 heteroatoms. The predicted octanol–water partition coefficient (Wildman–Crippen LogP) is 4.22. The van der Waals surface area contributed by atoms with Crippen molar-refractivity contribution < 1.29 is 24.2 Å². The number of carbonyl (C=O) groups is 2. The van der Waals surface area contributed by atoms with Gasteiger partial charge in [0.1, 0.15) is 0 Å². The van der Waals surface area contributed by atoms with Crippen molar-refractivity contribution in [3.8, 4) is 11.5 Å². The zero-order valence-electron chi connectivity index (χ0n) is 17.5. The van der Waals surface area contributed by atoms with Gasteiger partial charge in [-0.2, -0.15) is 0 Å². The second-order valence-electron chi connectivity index (χ2n) is 6.90. The number of rotatable bonds is 6. The summed E-state index contributed by atoms with van der Waals surface area (Å²) in [6.45, 7) is 5.83. The van der Waals surface area contributed by atoms with Crippen molar-refractivity contribution in [2.75, 3.05) is 13.7 Å². The van der Waals surface area contributed by atoms with Crippen molar-refractivity contribution in [2.24, 2.45) is 0 Å². The summed E-state index contributed by atoms with van der Waals surface area (Å²) in [5, 5.41) is 10.5. The predicted molar refractivity (Wildman–Crippen MR) is 114 cm³/mol. The van der Waals surface area contributed by atoms with Gasteiger partial charge in [-0.05, 0) is 38.5 Å². The molecule has 2 aromatic rings. The summed E-state index contributed by atoms with van der Waals surface area (Å²) in [6, 6.07) is 14.3. The highest BCUT2D eigenvalue weighted by molar-refractivity contribution is 6.16.